The Bertz CT molecular complexity index is 510. The van der Waals surface area contributed by atoms with Gasteiger partial charge < -0.3 is 9.94 Å². The van der Waals surface area contributed by atoms with Crippen molar-refractivity contribution < 1.29 is 27.9 Å². The third kappa shape index (κ3) is 5.60. The van der Waals surface area contributed by atoms with Crippen molar-refractivity contribution in [3.63, 3.8) is 0 Å². The Kier molecular flexibility index (Phi) is 5.19. The van der Waals surface area contributed by atoms with Gasteiger partial charge in [0.25, 0.3) is 0 Å². The quantitative estimate of drug-likeness (QED) is 0.747. The van der Waals surface area contributed by atoms with E-state index in [1.807, 2.05) is 5.48 Å². The molecule has 1 amide bonds. The van der Waals surface area contributed by atoms with Gasteiger partial charge in [0.15, 0.2) is 0 Å². The van der Waals surface area contributed by atoms with Crippen LogP contribution < -0.4 is 10.8 Å². The van der Waals surface area contributed by atoms with Gasteiger partial charge in [-0.25, -0.2) is 10.3 Å². The number of halogens is 3. The summed E-state index contributed by atoms with van der Waals surface area (Å²) in [7, 11) is 0. The number of rotatable bonds is 3. The molecule has 0 aliphatic heterocycles. The fourth-order valence-electron chi connectivity index (χ4n) is 1.52. The van der Waals surface area contributed by atoms with Crippen LogP contribution in [-0.2, 0) is 17.5 Å². The SMILES string of the molecule is CC(C)(C)OC(=O)Nc1cc(C(F)(F)F)ccc1CNO. The highest BCUT2D eigenvalue weighted by atomic mass is 19.4. The number of amides is 1. The first-order valence-corrected chi connectivity index (χ1v) is 6.10. The van der Waals surface area contributed by atoms with Crippen LogP contribution in [0.15, 0.2) is 18.2 Å². The fraction of sp³-hybridized carbons (Fsp3) is 0.462. The molecular formula is C13H17F3N2O3. The summed E-state index contributed by atoms with van der Waals surface area (Å²) in [5.74, 6) is 0. The van der Waals surface area contributed by atoms with Crippen LogP contribution in [0.3, 0.4) is 0 Å². The molecule has 21 heavy (non-hydrogen) atoms. The molecule has 0 heterocycles. The van der Waals surface area contributed by atoms with Crippen LogP contribution in [0.2, 0.25) is 0 Å². The molecule has 0 fully saturated rings. The molecule has 1 aromatic rings. The second-order valence-electron chi connectivity index (χ2n) is 5.33. The van der Waals surface area contributed by atoms with Gasteiger partial charge >= 0.3 is 12.3 Å². The van der Waals surface area contributed by atoms with Gasteiger partial charge in [0, 0.05) is 12.2 Å². The largest absolute Gasteiger partial charge is 0.444 e. The Morgan fingerprint density at radius 2 is 1.90 bits per heavy atom. The van der Waals surface area contributed by atoms with Gasteiger partial charge in [0.05, 0.1) is 5.56 Å². The van der Waals surface area contributed by atoms with Crippen molar-refractivity contribution in [2.75, 3.05) is 5.32 Å². The van der Waals surface area contributed by atoms with E-state index in [1.165, 1.54) is 6.07 Å². The molecule has 0 saturated carbocycles. The van der Waals surface area contributed by atoms with Crippen LogP contribution in [-0.4, -0.2) is 16.9 Å². The smallest absolute Gasteiger partial charge is 0.416 e. The molecule has 1 aromatic carbocycles. The molecule has 0 saturated heterocycles. The van der Waals surface area contributed by atoms with E-state index >= 15 is 0 Å². The molecule has 0 aliphatic carbocycles. The highest BCUT2D eigenvalue weighted by Gasteiger charge is 2.31. The number of hydrogen-bond donors (Lipinski definition) is 3. The maximum atomic E-state index is 12.7. The molecule has 0 atom stereocenters. The van der Waals surface area contributed by atoms with Crippen molar-refractivity contribution in [3.8, 4) is 0 Å². The van der Waals surface area contributed by atoms with E-state index in [0.29, 0.717) is 0 Å². The summed E-state index contributed by atoms with van der Waals surface area (Å²) in [4.78, 5) is 11.6. The molecule has 0 aromatic heterocycles. The fourth-order valence-corrected chi connectivity index (χ4v) is 1.52. The number of hydrogen-bond acceptors (Lipinski definition) is 4. The number of carbonyl (C=O) groups excluding carboxylic acids is 1. The maximum Gasteiger partial charge on any atom is 0.416 e. The molecule has 0 radical (unpaired) electrons. The monoisotopic (exact) mass is 306 g/mol. The molecule has 0 unspecified atom stereocenters. The number of hydroxylamine groups is 1. The van der Waals surface area contributed by atoms with E-state index in [-0.39, 0.29) is 17.8 Å². The Morgan fingerprint density at radius 3 is 2.38 bits per heavy atom. The van der Waals surface area contributed by atoms with E-state index in [4.69, 9.17) is 9.94 Å². The molecule has 5 nitrogen and oxygen atoms in total. The van der Waals surface area contributed by atoms with E-state index in [1.54, 1.807) is 20.8 Å². The van der Waals surface area contributed by atoms with E-state index in [0.717, 1.165) is 12.1 Å². The van der Waals surface area contributed by atoms with Gasteiger partial charge in [-0.3, -0.25) is 5.32 Å². The lowest BCUT2D eigenvalue weighted by Crippen LogP contribution is -2.28. The van der Waals surface area contributed by atoms with Gasteiger partial charge in [-0.15, -0.1) is 0 Å². The molecule has 0 spiro atoms. The minimum Gasteiger partial charge on any atom is -0.444 e. The van der Waals surface area contributed by atoms with Crippen LogP contribution in [0.5, 0.6) is 0 Å². The summed E-state index contributed by atoms with van der Waals surface area (Å²) in [6.45, 7) is 4.78. The normalized spacial score (nSPS) is 12.1. The van der Waals surface area contributed by atoms with Crippen LogP contribution in [0.1, 0.15) is 31.9 Å². The van der Waals surface area contributed by atoms with Crippen molar-refractivity contribution in [1.82, 2.24) is 5.48 Å². The highest BCUT2D eigenvalue weighted by Crippen LogP contribution is 2.32. The first kappa shape index (κ1) is 17.3. The second kappa shape index (κ2) is 6.31. The van der Waals surface area contributed by atoms with Gasteiger partial charge in [-0.2, -0.15) is 13.2 Å². The van der Waals surface area contributed by atoms with Crippen LogP contribution in [0.4, 0.5) is 23.7 Å². The van der Waals surface area contributed by atoms with Crippen molar-refractivity contribution in [2.24, 2.45) is 0 Å². The summed E-state index contributed by atoms with van der Waals surface area (Å²) in [5.41, 5.74) is 0.352. The third-order valence-corrected chi connectivity index (χ3v) is 2.34. The van der Waals surface area contributed by atoms with E-state index in [2.05, 4.69) is 5.32 Å². The zero-order valence-corrected chi connectivity index (χ0v) is 11.8. The summed E-state index contributed by atoms with van der Waals surface area (Å²) < 4.78 is 43.0. The van der Waals surface area contributed by atoms with Crippen molar-refractivity contribution in [2.45, 2.75) is 39.1 Å². The van der Waals surface area contributed by atoms with Crippen molar-refractivity contribution in [1.29, 1.82) is 0 Å². The van der Waals surface area contributed by atoms with Crippen molar-refractivity contribution in [3.05, 3.63) is 29.3 Å². The van der Waals surface area contributed by atoms with Gasteiger partial charge in [0.2, 0.25) is 0 Å². The Morgan fingerprint density at radius 1 is 1.29 bits per heavy atom. The Balaban J connectivity index is 3.04. The number of anilines is 1. The number of ether oxygens (including phenoxy) is 1. The molecule has 8 heteroatoms. The highest BCUT2D eigenvalue weighted by molar-refractivity contribution is 5.86. The number of nitrogens with one attached hydrogen (secondary N) is 2. The number of alkyl halides is 3. The van der Waals surface area contributed by atoms with Crippen molar-refractivity contribution >= 4 is 11.8 Å². The van der Waals surface area contributed by atoms with Gasteiger partial charge in [0.1, 0.15) is 5.60 Å². The van der Waals surface area contributed by atoms with Gasteiger partial charge in [-0.05, 0) is 38.5 Å². The third-order valence-electron chi connectivity index (χ3n) is 2.34. The zero-order chi connectivity index (χ0) is 16.3. The van der Waals surface area contributed by atoms with Crippen LogP contribution in [0.25, 0.3) is 0 Å². The van der Waals surface area contributed by atoms with Crippen LogP contribution in [0, 0.1) is 0 Å². The average molecular weight is 306 g/mol. The minimum absolute atomic E-state index is 0.0828. The molecule has 0 aliphatic rings. The molecule has 3 N–H and O–H groups in total. The minimum atomic E-state index is -4.53. The second-order valence-corrected chi connectivity index (χ2v) is 5.33. The molecular weight excluding hydrogens is 289 g/mol. The predicted molar refractivity (Wildman–Crippen MR) is 69.9 cm³/mol. The lowest BCUT2D eigenvalue weighted by molar-refractivity contribution is -0.137. The van der Waals surface area contributed by atoms with E-state index in [9.17, 15) is 18.0 Å². The summed E-state index contributed by atoms with van der Waals surface area (Å²) in [6.07, 6.45) is -5.41. The lowest BCUT2D eigenvalue weighted by Gasteiger charge is -2.21. The molecule has 118 valence electrons. The number of carbonyl (C=O) groups is 1. The Labute approximate surface area is 120 Å². The zero-order valence-electron chi connectivity index (χ0n) is 11.8. The summed E-state index contributed by atoms with van der Waals surface area (Å²) in [5, 5.41) is 10.9. The molecule has 0 bridgehead atoms. The topological polar surface area (TPSA) is 70.6 Å². The molecule has 1 rings (SSSR count). The summed E-state index contributed by atoms with van der Waals surface area (Å²) >= 11 is 0. The van der Waals surface area contributed by atoms with E-state index < -0.39 is 23.4 Å². The first-order chi connectivity index (χ1) is 9.53. The first-order valence-electron chi connectivity index (χ1n) is 6.10. The number of benzene rings is 1. The lowest BCUT2D eigenvalue weighted by atomic mass is 10.1. The standard InChI is InChI=1S/C13H17F3N2O3/c1-12(2,3)21-11(19)18-10-6-9(13(14,15)16)5-4-8(10)7-17-20/h4-6,17,20H,7H2,1-3H3,(H,18,19). The van der Waals surface area contributed by atoms with Crippen LogP contribution >= 0.6 is 0 Å². The predicted octanol–water partition coefficient (Wildman–Crippen LogP) is 3.53. The average Bonchev–Trinajstić information content (AvgIpc) is 2.27. The Hall–Kier alpha value is -1.80. The summed E-state index contributed by atoms with van der Waals surface area (Å²) in [6, 6.07) is 2.82. The van der Waals surface area contributed by atoms with Gasteiger partial charge in [-0.1, -0.05) is 6.07 Å². The maximum absolute atomic E-state index is 12.7.